The summed E-state index contributed by atoms with van der Waals surface area (Å²) in [7, 11) is 0. The first-order chi connectivity index (χ1) is 14.0. The Morgan fingerprint density at radius 3 is 2.69 bits per heavy atom. The number of anilines is 2. The lowest BCUT2D eigenvalue weighted by atomic mass is 10.1. The monoisotopic (exact) mass is 396 g/mol. The van der Waals surface area contributed by atoms with Crippen molar-refractivity contribution in [1.82, 2.24) is 0 Å². The largest absolute Gasteiger partial charge is 0.492 e. The number of benzene rings is 2. The second-order valence-corrected chi connectivity index (χ2v) is 7.25. The van der Waals surface area contributed by atoms with E-state index in [1.54, 1.807) is 30.0 Å². The van der Waals surface area contributed by atoms with Gasteiger partial charge in [-0.15, -0.1) is 0 Å². The normalized spacial score (nSPS) is 15.5. The molecule has 1 aliphatic rings. The Morgan fingerprint density at radius 1 is 1.21 bits per heavy atom. The number of carbonyl (C=O) groups is 2. The average molecular weight is 396 g/mol. The van der Waals surface area contributed by atoms with Crippen molar-refractivity contribution in [2.24, 2.45) is 0 Å². The molecule has 0 saturated carbocycles. The van der Waals surface area contributed by atoms with Crippen LogP contribution in [0.2, 0.25) is 0 Å². The summed E-state index contributed by atoms with van der Waals surface area (Å²) in [4.78, 5) is 26.4. The van der Waals surface area contributed by atoms with Crippen molar-refractivity contribution in [2.45, 2.75) is 46.1 Å². The van der Waals surface area contributed by atoms with Gasteiger partial charge in [0.15, 0.2) is 6.10 Å². The summed E-state index contributed by atoms with van der Waals surface area (Å²) in [5.74, 6) is 1.23. The Bertz CT molecular complexity index is 864. The van der Waals surface area contributed by atoms with Gasteiger partial charge in [0.25, 0.3) is 5.91 Å². The molecule has 0 aromatic heterocycles. The molecule has 1 aliphatic heterocycles. The maximum atomic E-state index is 12.7. The smallest absolute Gasteiger partial charge is 0.267 e. The molecule has 29 heavy (non-hydrogen) atoms. The van der Waals surface area contributed by atoms with Crippen molar-refractivity contribution in [1.29, 1.82) is 0 Å². The fourth-order valence-corrected chi connectivity index (χ4v) is 3.17. The molecule has 2 aromatic carbocycles. The third-order valence-electron chi connectivity index (χ3n) is 4.81. The van der Waals surface area contributed by atoms with E-state index >= 15 is 0 Å². The van der Waals surface area contributed by atoms with Crippen molar-refractivity contribution >= 4 is 23.2 Å². The molecule has 1 N–H and O–H groups in total. The summed E-state index contributed by atoms with van der Waals surface area (Å²) in [5.41, 5.74) is 2.46. The molecule has 0 fully saturated rings. The number of unbranched alkanes of at least 4 members (excludes halogenated alkanes) is 1. The van der Waals surface area contributed by atoms with E-state index in [2.05, 4.69) is 5.32 Å². The van der Waals surface area contributed by atoms with E-state index in [1.807, 2.05) is 38.1 Å². The lowest BCUT2D eigenvalue weighted by Crippen LogP contribution is -2.46. The summed E-state index contributed by atoms with van der Waals surface area (Å²) < 4.78 is 11.5. The molecule has 6 heteroatoms. The van der Waals surface area contributed by atoms with Crippen LogP contribution in [0.1, 0.15) is 38.7 Å². The van der Waals surface area contributed by atoms with E-state index in [1.165, 1.54) is 0 Å². The van der Waals surface area contributed by atoms with Crippen LogP contribution in [0.3, 0.4) is 0 Å². The Hall–Kier alpha value is -3.02. The van der Waals surface area contributed by atoms with E-state index in [-0.39, 0.29) is 11.8 Å². The molecule has 0 saturated heterocycles. The van der Waals surface area contributed by atoms with Crippen LogP contribution >= 0.6 is 0 Å². The lowest BCUT2D eigenvalue weighted by molar-refractivity contribution is -0.125. The Kier molecular flexibility index (Phi) is 6.75. The van der Waals surface area contributed by atoms with Crippen LogP contribution in [0.4, 0.5) is 11.4 Å². The lowest BCUT2D eigenvalue weighted by Gasteiger charge is -2.33. The molecule has 154 valence electrons. The van der Waals surface area contributed by atoms with E-state index in [0.717, 1.165) is 24.2 Å². The summed E-state index contributed by atoms with van der Waals surface area (Å²) in [6, 6.07) is 13.2. The minimum atomic E-state index is -0.563. The quantitative estimate of drug-likeness (QED) is 0.722. The topological polar surface area (TPSA) is 67.9 Å². The van der Waals surface area contributed by atoms with Gasteiger partial charge >= 0.3 is 0 Å². The van der Waals surface area contributed by atoms with Crippen molar-refractivity contribution in [3.05, 3.63) is 48.0 Å². The van der Waals surface area contributed by atoms with Crippen molar-refractivity contribution in [2.75, 3.05) is 23.4 Å². The molecule has 2 aromatic rings. The Balaban J connectivity index is 1.71. The highest BCUT2D eigenvalue weighted by Crippen LogP contribution is 2.36. The molecule has 0 radical (unpaired) electrons. The van der Waals surface area contributed by atoms with Crippen molar-refractivity contribution in [3.8, 4) is 11.5 Å². The van der Waals surface area contributed by atoms with Gasteiger partial charge in [0, 0.05) is 12.1 Å². The van der Waals surface area contributed by atoms with Gasteiger partial charge in [-0.05, 0) is 50.6 Å². The first-order valence-corrected chi connectivity index (χ1v) is 10.1. The molecule has 6 nitrogen and oxygen atoms in total. The van der Waals surface area contributed by atoms with Crippen LogP contribution in [0, 0.1) is 6.92 Å². The van der Waals surface area contributed by atoms with Crippen LogP contribution in [-0.4, -0.2) is 31.1 Å². The predicted molar refractivity (Wildman–Crippen MR) is 114 cm³/mol. The summed E-state index contributed by atoms with van der Waals surface area (Å²) in [6.07, 6.45) is 1.73. The Morgan fingerprint density at radius 2 is 1.97 bits per heavy atom. The summed E-state index contributed by atoms with van der Waals surface area (Å²) in [6.45, 7) is 6.55. The van der Waals surface area contributed by atoms with Crippen molar-refractivity contribution in [3.63, 3.8) is 0 Å². The van der Waals surface area contributed by atoms with Crippen LogP contribution in [0.5, 0.6) is 11.5 Å². The first-order valence-electron chi connectivity index (χ1n) is 10.1. The Labute approximate surface area is 171 Å². The van der Waals surface area contributed by atoms with Gasteiger partial charge < -0.3 is 19.7 Å². The standard InChI is InChI=1S/C23H28N2O4/c1-4-5-6-22(26)24-18-9-12-21-20(15-18)25(23(27)17(3)29-21)13-14-28-19-10-7-16(2)8-11-19/h7-12,15,17H,4-6,13-14H2,1-3H3,(H,24,26). The number of aryl methyl sites for hydroxylation is 1. The average Bonchev–Trinajstić information content (AvgIpc) is 2.71. The molecule has 0 spiro atoms. The van der Waals surface area contributed by atoms with Gasteiger partial charge in [0.2, 0.25) is 5.91 Å². The number of rotatable bonds is 8. The van der Waals surface area contributed by atoms with Gasteiger partial charge in [-0.1, -0.05) is 31.0 Å². The number of nitrogens with one attached hydrogen (secondary N) is 1. The van der Waals surface area contributed by atoms with E-state index < -0.39 is 6.10 Å². The third kappa shape index (κ3) is 5.28. The molecule has 0 aliphatic carbocycles. The molecule has 1 unspecified atom stereocenters. The summed E-state index contributed by atoms with van der Waals surface area (Å²) in [5, 5.41) is 2.90. The van der Waals surface area contributed by atoms with Crippen LogP contribution in [0.25, 0.3) is 0 Å². The number of carbonyl (C=O) groups excluding carboxylic acids is 2. The van der Waals surface area contributed by atoms with Crippen LogP contribution in [-0.2, 0) is 9.59 Å². The van der Waals surface area contributed by atoms with Gasteiger partial charge in [-0.2, -0.15) is 0 Å². The number of fused-ring (bicyclic) bond motifs is 1. The number of hydrogen-bond donors (Lipinski definition) is 1. The highest BCUT2D eigenvalue weighted by atomic mass is 16.5. The second-order valence-electron chi connectivity index (χ2n) is 7.25. The maximum Gasteiger partial charge on any atom is 0.267 e. The number of ether oxygens (including phenoxy) is 2. The van der Waals surface area contributed by atoms with E-state index in [4.69, 9.17) is 9.47 Å². The van der Waals surface area contributed by atoms with Crippen molar-refractivity contribution < 1.29 is 19.1 Å². The number of hydrogen-bond acceptors (Lipinski definition) is 4. The maximum absolute atomic E-state index is 12.7. The molecule has 2 amide bonds. The highest BCUT2D eigenvalue weighted by Gasteiger charge is 2.31. The fourth-order valence-electron chi connectivity index (χ4n) is 3.17. The number of amides is 2. The minimum absolute atomic E-state index is 0.0301. The molecule has 3 rings (SSSR count). The number of nitrogens with zero attached hydrogens (tertiary/aromatic N) is 1. The van der Waals surface area contributed by atoms with E-state index in [9.17, 15) is 9.59 Å². The first kappa shape index (κ1) is 20.7. The summed E-state index contributed by atoms with van der Waals surface area (Å²) >= 11 is 0. The molecule has 0 bridgehead atoms. The SMILES string of the molecule is CCCCC(=O)Nc1ccc2c(c1)N(CCOc1ccc(C)cc1)C(=O)C(C)O2. The second kappa shape index (κ2) is 9.45. The van der Waals surface area contributed by atoms with Gasteiger partial charge in [0.1, 0.15) is 18.1 Å². The van der Waals surface area contributed by atoms with Crippen LogP contribution in [0.15, 0.2) is 42.5 Å². The zero-order chi connectivity index (χ0) is 20.8. The zero-order valence-corrected chi connectivity index (χ0v) is 17.2. The van der Waals surface area contributed by atoms with Gasteiger partial charge in [-0.25, -0.2) is 0 Å². The highest BCUT2D eigenvalue weighted by molar-refractivity contribution is 6.01. The zero-order valence-electron chi connectivity index (χ0n) is 17.2. The molecular formula is C23H28N2O4. The third-order valence-corrected chi connectivity index (χ3v) is 4.81. The van der Waals surface area contributed by atoms with Gasteiger partial charge in [0.05, 0.1) is 12.2 Å². The predicted octanol–water partition coefficient (Wildman–Crippen LogP) is 4.32. The molecule has 1 atom stereocenters. The van der Waals surface area contributed by atoms with Crippen LogP contribution < -0.4 is 19.7 Å². The minimum Gasteiger partial charge on any atom is -0.492 e. The fraction of sp³-hybridized carbons (Fsp3) is 0.391. The molecule has 1 heterocycles. The van der Waals surface area contributed by atoms with Gasteiger partial charge in [-0.3, -0.25) is 9.59 Å². The molecular weight excluding hydrogens is 368 g/mol. The van der Waals surface area contributed by atoms with E-state index in [0.29, 0.717) is 36.7 Å².